The first-order valence-electron chi connectivity index (χ1n) is 24.8. The van der Waals surface area contributed by atoms with Crippen LogP contribution in [-0.2, 0) is 19.1 Å². The molecule has 388 valence electrons. The van der Waals surface area contributed by atoms with E-state index >= 15 is 17.6 Å². The van der Waals surface area contributed by atoms with Gasteiger partial charge >= 0.3 is 12.2 Å². The maximum absolute atomic E-state index is 16.4. The van der Waals surface area contributed by atoms with Crippen molar-refractivity contribution in [2.24, 2.45) is 11.8 Å². The Morgan fingerprint density at radius 3 is 1.90 bits per heavy atom. The lowest BCUT2D eigenvalue weighted by molar-refractivity contribution is -0.136. The van der Waals surface area contributed by atoms with Gasteiger partial charge in [-0.15, -0.1) is 0 Å². The molecule has 1 aromatic heterocycles. The van der Waals surface area contributed by atoms with E-state index in [-0.39, 0.29) is 43.5 Å². The summed E-state index contributed by atoms with van der Waals surface area (Å²) < 4.78 is 72.5. The number of likely N-dealkylation sites (tertiary alicyclic amines) is 2. The lowest BCUT2D eigenvalue weighted by Crippen LogP contribution is -2.53. The number of aromatic amines is 1. The lowest BCUT2D eigenvalue weighted by Gasteiger charge is -2.35. The number of nitrogens with zero attached hydrogens (tertiary/aromatic N) is 5. The molecule has 0 saturated carbocycles. The van der Waals surface area contributed by atoms with Crippen LogP contribution in [-0.4, -0.2) is 115 Å². The van der Waals surface area contributed by atoms with Gasteiger partial charge in [-0.05, 0) is 91.5 Å². The Hall–Kier alpha value is -6.73. The third kappa shape index (κ3) is 10.6. The van der Waals surface area contributed by atoms with Crippen molar-refractivity contribution in [2.45, 2.75) is 121 Å². The zero-order chi connectivity index (χ0) is 51.7. The highest BCUT2D eigenvalue weighted by molar-refractivity contribution is 5.88. The van der Waals surface area contributed by atoms with Crippen molar-refractivity contribution in [1.29, 1.82) is 0 Å². The summed E-state index contributed by atoms with van der Waals surface area (Å²) in [4.78, 5) is 66.7. The number of methoxy groups -OCH3 is 2. The van der Waals surface area contributed by atoms with E-state index in [1.54, 1.807) is 44.7 Å². The molecule has 4 fully saturated rings. The molecule has 72 heavy (non-hydrogen) atoms. The maximum Gasteiger partial charge on any atom is 0.407 e. The quantitative estimate of drug-likeness (QED) is 0.0600. The number of alkyl carbamates (subject to hydrolysis) is 2. The Balaban J connectivity index is 1.09. The molecule has 0 radical (unpaired) electrons. The predicted molar refractivity (Wildman–Crippen MR) is 267 cm³/mol. The number of carbonyl (C=O) groups excluding carboxylic acids is 4. The summed E-state index contributed by atoms with van der Waals surface area (Å²) in [6, 6.07) is 9.62. The number of piperidine rings is 1. The number of halogens is 4. The van der Waals surface area contributed by atoms with Crippen molar-refractivity contribution >= 4 is 57.8 Å². The number of nitrogens with two attached hydrogens (primary N) is 1. The summed E-state index contributed by atoms with van der Waals surface area (Å²) in [5.74, 6) is -2.52. The summed E-state index contributed by atoms with van der Waals surface area (Å²) >= 11 is 0. The third-order valence-electron chi connectivity index (χ3n) is 14.6. The molecule has 3 aromatic carbocycles. The van der Waals surface area contributed by atoms with Crippen LogP contribution < -0.4 is 31.5 Å². The van der Waals surface area contributed by atoms with E-state index in [0.29, 0.717) is 65.5 Å². The number of imidazole rings is 1. The molecular weight excluding hydrogens is 937 g/mol. The number of anilines is 4. The average Bonchev–Trinajstić information content (AvgIpc) is 4.17. The van der Waals surface area contributed by atoms with Gasteiger partial charge in [-0.1, -0.05) is 46.4 Å². The number of nitrogen functional groups attached to an aromatic ring is 1. The first-order valence-corrected chi connectivity index (χ1v) is 24.8. The standard InChI is InChI=1S/C52H66F4N10O6/c1-27(2)45(61-51(69)71-6)49(67)64-25-32(53)21-43(64)29(5)58-38-13-11-30(19-37(38)57)41-15-16-42(66(41)34-23-35(55)47(36(56)24-34)63-17-9-8-10-18-63)31-12-14-39-40(20-31)60-48(59-39)44-22-33(54)26-65(44)50(68)46(28(3)4)62-52(70)72-7/h11-14,19-20,23-24,27-28,32-33,41-46,58H,5,8-10,15-18,21-22,25-26,57H2,1-4,6-7H3,(H,59,60)(H,61,69)(H,62,70)/t32-,33-,41-,42-,43+,44+,45+,46+/m1/s1. The Morgan fingerprint density at radius 1 is 0.764 bits per heavy atom. The van der Waals surface area contributed by atoms with E-state index in [2.05, 4.69) is 27.5 Å². The lowest BCUT2D eigenvalue weighted by atomic mass is 10.0. The van der Waals surface area contributed by atoms with Gasteiger partial charge in [-0.25, -0.2) is 32.1 Å². The number of fused-ring (bicyclic) bond motifs is 1. The third-order valence-corrected chi connectivity index (χ3v) is 14.6. The minimum absolute atomic E-state index is 0.00134. The summed E-state index contributed by atoms with van der Waals surface area (Å²) in [6.07, 6.45) is -0.426. The Morgan fingerprint density at radius 2 is 1.32 bits per heavy atom. The van der Waals surface area contributed by atoms with Crippen LogP contribution in [0.3, 0.4) is 0 Å². The highest BCUT2D eigenvalue weighted by Gasteiger charge is 2.44. The highest BCUT2D eigenvalue weighted by Crippen LogP contribution is 2.49. The van der Waals surface area contributed by atoms with Gasteiger partial charge in [-0.2, -0.15) is 0 Å². The fourth-order valence-electron chi connectivity index (χ4n) is 10.9. The molecule has 4 aliphatic rings. The molecule has 16 nitrogen and oxygen atoms in total. The zero-order valence-electron chi connectivity index (χ0n) is 41.7. The number of H-pyrrole nitrogens is 1. The van der Waals surface area contributed by atoms with Gasteiger partial charge in [0.2, 0.25) is 11.8 Å². The van der Waals surface area contributed by atoms with E-state index in [1.807, 2.05) is 29.2 Å². The van der Waals surface area contributed by atoms with Gasteiger partial charge in [0.25, 0.3) is 0 Å². The Bertz CT molecular complexity index is 2660. The van der Waals surface area contributed by atoms with Gasteiger partial charge < -0.3 is 55.7 Å². The highest BCUT2D eigenvalue weighted by atomic mass is 19.1. The molecule has 0 bridgehead atoms. The molecule has 4 aliphatic heterocycles. The number of nitrogens with one attached hydrogen (secondary N) is 4. The van der Waals surface area contributed by atoms with Crippen LogP contribution in [0.5, 0.6) is 0 Å². The second-order valence-electron chi connectivity index (χ2n) is 20.1. The number of benzene rings is 3. The molecule has 20 heteroatoms. The minimum atomic E-state index is -1.33. The van der Waals surface area contributed by atoms with Crippen LogP contribution in [0.1, 0.15) is 108 Å². The fourth-order valence-corrected chi connectivity index (χ4v) is 10.9. The van der Waals surface area contributed by atoms with Crippen molar-refractivity contribution in [2.75, 3.05) is 61.2 Å². The zero-order valence-corrected chi connectivity index (χ0v) is 41.7. The van der Waals surface area contributed by atoms with Crippen LogP contribution in [0.2, 0.25) is 0 Å². The molecule has 5 heterocycles. The van der Waals surface area contributed by atoms with Crippen LogP contribution in [0.4, 0.5) is 49.9 Å². The molecule has 4 saturated heterocycles. The molecule has 8 atom stereocenters. The van der Waals surface area contributed by atoms with Crippen molar-refractivity contribution in [3.05, 3.63) is 89.4 Å². The second kappa shape index (κ2) is 21.5. The van der Waals surface area contributed by atoms with Gasteiger partial charge in [0.15, 0.2) is 11.6 Å². The summed E-state index contributed by atoms with van der Waals surface area (Å²) in [5, 5.41) is 8.36. The number of ether oxygens (including phenoxy) is 2. The molecule has 0 spiro atoms. The number of rotatable bonds is 14. The number of amides is 4. The number of hydrogen-bond acceptors (Lipinski definition) is 11. The average molecular weight is 1000 g/mol. The van der Waals surface area contributed by atoms with E-state index < -0.39 is 84.2 Å². The van der Waals surface area contributed by atoms with E-state index in [9.17, 15) is 19.2 Å². The van der Waals surface area contributed by atoms with Gasteiger partial charge in [0, 0.05) is 37.3 Å². The molecular formula is C52H66F4N10O6. The van der Waals surface area contributed by atoms with Crippen LogP contribution in [0.25, 0.3) is 11.0 Å². The van der Waals surface area contributed by atoms with E-state index in [1.165, 1.54) is 36.2 Å². The summed E-state index contributed by atoms with van der Waals surface area (Å²) in [6.45, 7) is 12.0. The predicted octanol–water partition coefficient (Wildman–Crippen LogP) is 8.73. The van der Waals surface area contributed by atoms with Crippen LogP contribution in [0.15, 0.2) is 60.8 Å². The van der Waals surface area contributed by atoms with Crippen molar-refractivity contribution in [1.82, 2.24) is 30.4 Å². The molecule has 6 N–H and O–H groups in total. The Kier molecular flexibility index (Phi) is 15.4. The molecule has 4 aromatic rings. The number of hydrogen-bond donors (Lipinski definition) is 5. The van der Waals surface area contributed by atoms with Crippen molar-refractivity contribution in [3.8, 4) is 0 Å². The number of carbonyl (C=O) groups is 4. The maximum atomic E-state index is 16.4. The first-order chi connectivity index (χ1) is 34.4. The molecule has 8 rings (SSSR count). The normalized spacial score (nSPS) is 23.2. The van der Waals surface area contributed by atoms with Gasteiger partial charge in [-0.3, -0.25) is 9.59 Å². The van der Waals surface area contributed by atoms with Crippen LogP contribution >= 0.6 is 0 Å². The molecule has 4 amide bonds. The largest absolute Gasteiger partial charge is 0.453 e. The fraction of sp³-hybridized carbons (Fsp3) is 0.519. The van der Waals surface area contributed by atoms with E-state index in [4.69, 9.17) is 20.2 Å². The smallest absolute Gasteiger partial charge is 0.407 e. The number of alkyl halides is 2. The Labute approximate surface area is 417 Å². The summed E-state index contributed by atoms with van der Waals surface area (Å²) in [5.41, 5.74) is 10.9. The minimum Gasteiger partial charge on any atom is -0.453 e. The molecule has 0 unspecified atom stereocenters. The topological polar surface area (TPSA) is 190 Å². The van der Waals surface area contributed by atoms with E-state index in [0.717, 1.165) is 30.4 Å². The molecule has 0 aliphatic carbocycles. The summed E-state index contributed by atoms with van der Waals surface area (Å²) in [7, 11) is 2.40. The van der Waals surface area contributed by atoms with Crippen molar-refractivity contribution < 1.29 is 46.2 Å². The number of aromatic nitrogens is 2. The van der Waals surface area contributed by atoms with Crippen LogP contribution in [0, 0.1) is 23.5 Å². The SMILES string of the molecule is C=C(Nc1ccc([C@H]2CC[C@H](c3ccc4[nH]c([C@@H]5C[C@@H](F)CN5C(=O)[C@@H](NC(=O)OC)C(C)C)nc4c3)N2c2cc(F)c(N3CCCCC3)c(F)c2)cc1N)[C@@H]1C[C@@H](F)CN1C(=O)[C@@H](NC(=O)OC)C(C)C. The monoisotopic (exact) mass is 1000 g/mol. The first kappa shape index (κ1) is 51.6. The van der Waals surface area contributed by atoms with Crippen molar-refractivity contribution in [3.63, 3.8) is 0 Å². The van der Waals surface area contributed by atoms with Gasteiger partial charge in [0.05, 0.1) is 73.9 Å². The van der Waals surface area contributed by atoms with Gasteiger partial charge in [0.1, 0.15) is 35.9 Å². The second-order valence-corrected chi connectivity index (χ2v) is 20.1.